The van der Waals surface area contributed by atoms with Gasteiger partial charge >= 0.3 is 0 Å². The molecule has 2 aromatic heterocycles. The summed E-state index contributed by atoms with van der Waals surface area (Å²) in [4.78, 5) is 4.86. The van der Waals surface area contributed by atoms with Crippen LogP contribution < -0.4 is 5.32 Å². The molecular weight excluding hydrogens is 349 g/mol. The standard InChI is InChI=1S/C21H26FN3.ClH/c1-6-11-25-16(5)14(3)20-21(25)19(13(2)15(4)24-20)23-12-17-7-9-18(22)10-8-17;/h7-10H,6,11-12H2,1-5H3,(H,23,24);1H. The normalized spacial score (nSPS) is 10.8. The van der Waals surface area contributed by atoms with Gasteiger partial charge in [-0.05, 0) is 62.9 Å². The molecule has 140 valence electrons. The molecule has 0 bridgehead atoms. The highest BCUT2D eigenvalue weighted by Crippen LogP contribution is 2.34. The number of anilines is 1. The number of aryl methyl sites for hydroxylation is 3. The lowest BCUT2D eigenvalue weighted by Gasteiger charge is -2.16. The number of pyridine rings is 1. The minimum atomic E-state index is -0.204. The summed E-state index contributed by atoms with van der Waals surface area (Å²) in [5, 5.41) is 3.59. The summed E-state index contributed by atoms with van der Waals surface area (Å²) in [5.41, 5.74) is 9.20. The van der Waals surface area contributed by atoms with E-state index in [4.69, 9.17) is 4.98 Å². The van der Waals surface area contributed by atoms with Crippen molar-refractivity contribution in [2.75, 3.05) is 5.32 Å². The summed E-state index contributed by atoms with van der Waals surface area (Å²) in [6, 6.07) is 6.66. The largest absolute Gasteiger partial charge is 0.379 e. The number of hydrogen-bond donors (Lipinski definition) is 1. The van der Waals surface area contributed by atoms with Crippen molar-refractivity contribution in [3.8, 4) is 0 Å². The molecule has 0 spiro atoms. The Hall–Kier alpha value is -2.07. The van der Waals surface area contributed by atoms with Gasteiger partial charge in [0, 0.05) is 24.5 Å². The van der Waals surface area contributed by atoms with E-state index in [9.17, 15) is 4.39 Å². The van der Waals surface area contributed by atoms with Gasteiger partial charge < -0.3 is 9.88 Å². The van der Waals surface area contributed by atoms with Crippen molar-refractivity contribution in [2.45, 2.75) is 54.1 Å². The monoisotopic (exact) mass is 375 g/mol. The molecule has 0 radical (unpaired) electrons. The number of nitrogens with zero attached hydrogens (tertiary/aromatic N) is 2. The molecule has 0 atom stereocenters. The van der Waals surface area contributed by atoms with E-state index in [1.807, 2.05) is 12.1 Å². The van der Waals surface area contributed by atoms with Gasteiger partial charge in [0.25, 0.3) is 0 Å². The van der Waals surface area contributed by atoms with Crippen LogP contribution in [-0.2, 0) is 13.1 Å². The van der Waals surface area contributed by atoms with Crippen molar-refractivity contribution < 1.29 is 4.39 Å². The molecule has 0 aliphatic heterocycles. The highest BCUT2D eigenvalue weighted by atomic mass is 35.5. The number of benzene rings is 1. The summed E-state index contributed by atoms with van der Waals surface area (Å²) in [7, 11) is 0. The summed E-state index contributed by atoms with van der Waals surface area (Å²) in [6.45, 7) is 12.3. The molecule has 0 unspecified atom stereocenters. The molecule has 0 saturated carbocycles. The van der Waals surface area contributed by atoms with Gasteiger partial charge in [0.2, 0.25) is 0 Å². The topological polar surface area (TPSA) is 29.9 Å². The van der Waals surface area contributed by atoms with Gasteiger partial charge in [-0.2, -0.15) is 0 Å². The van der Waals surface area contributed by atoms with E-state index in [0.717, 1.165) is 35.4 Å². The third-order valence-electron chi connectivity index (χ3n) is 5.06. The molecule has 1 aromatic carbocycles. The van der Waals surface area contributed by atoms with Crippen molar-refractivity contribution in [1.29, 1.82) is 0 Å². The van der Waals surface area contributed by atoms with Crippen molar-refractivity contribution in [2.24, 2.45) is 0 Å². The lowest BCUT2D eigenvalue weighted by Crippen LogP contribution is -2.07. The third kappa shape index (κ3) is 3.56. The third-order valence-corrected chi connectivity index (χ3v) is 5.06. The Balaban J connectivity index is 0.00000243. The minimum Gasteiger partial charge on any atom is -0.379 e. The molecule has 0 aliphatic carbocycles. The maximum absolute atomic E-state index is 13.1. The second kappa shape index (κ2) is 8.09. The Labute approximate surface area is 161 Å². The molecule has 0 aliphatic rings. The summed E-state index contributed by atoms with van der Waals surface area (Å²) in [5.74, 6) is -0.204. The van der Waals surface area contributed by atoms with E-state index >= 15 is 0 Å². The second-order valence-electron chi connectivity index (χ2n) is 6.74. The molecular formula is C21H27ClFN3. The lowest BCUT2D eigenvalue weighted by atomic mass is 10.1. The molecule has 0 fully saturated rings. The smallest absolute Gasteiger partial charge is 0.123 e. The zero-order valence-corrected chi connectivity index (χ0v) is 16.9. The molecule has 2 heterocycles. The zero-order chi connectivity index (χ0) is 18.1. The average Bonchev–Trinajstić information content (AvgIpc) is 2.82. The molecule has 0 saturated heterocycles. The van der Waals surface area contributed by atoms with E-state index < -0.39 is 0 Å². The Morgan fingerprint density at radius 1 is 1.04 bits per heavy atom. The van der Waals surface area contributed by atoms with Crippen LogP contribution in [-0.4, -0.2) is 9.55 Å². The molecule has 1 N–H and O–H groups in total. The number of aromatic nitrogens is 2. The molecule has 5 heteroatoms. The number of rotatable bonds is 5. The summed E-state index contributed by atoms with van der Waals surface area (Å²) >= 11 is 0. The molecule has 0 amide bonds. The fourth-order valence-corrected chi connectivity index (χ4v) is 3.36. The van der Waals surface area contributed by atoms with E-state index in [2.05, 4.69) is 44.5 Å². The highest BCUT2D eigenvalue weighted by molar-refractivity contribution is 5.94. The maximum atomic E-state index is 13.1. The lowest BCUT2D eigenvalue weighted by molar-refractivity contribution is 0.627. The number of hydrogen-bond acceptors (Lipinski definition) is 2. The number of halogens is 2. The predicted molar refractivity (Wildman–Crippen MR) is 110 cm³/mol. The Morgan fingerprint density at radius 2 is 1.69 bits per heavy atom. The van der Waals surface area contributed by atoms with Crippen molar-refractivity contribution >= 4 is 29.1 Å². The fourth-order valence-electron chi connectivity index (χ4n) is 3.36. The quantitative estimate of drug-likeness (QED) is 0.605. The van der Waals surface area contributed by atoms with Crippen LogP contribution in [0.15, 0.2) is 24.3 Å². The van der Waals surface area contributed by atoms with Crippen LogP contribution in [0.1, 0.15) is 41.4 Å². The number of fused-ring (bicyclic) bond motifs is 1. The maximum Gasteiger partial charge on any atom is 0.123 e. The Bertz CT molecular complexity index is 914. The van der Waals surface area contributed by atoms with Gasteiger partial charge in [0.1, 0.15) is 5.82 Å². The van der Waals surface area contributed by atoms with Gasteiger partial charge in [-0.1, -0.05) is 19.1 Å². The molecule has 26 heavy (non-hydrogen) atoms. The Morgan fingerprint density at radius 3 is 2.31 bits per heavy atom. The predicted octanol–water partition coefficient (Wildman–Crippen LogP) is 5.85. The van der Waals surface area contributed by atoms with E-state index in [1.165, 1.54) is 34.5 Å². The SMILES string of the molecule is CCCn1c(C)c(C)c2nc(C)c(C)c(NCc3ccc(F)cc3)c21.Cl. The summed E-state index contributed by atoms with van der Waals surface area (Å²) in [6.07, 6.45) is 1.08. The number of nitrogens with one attached hydrogen (secondary N) is 1. The average molecular weight is 376 g/mol. The van der Waals surface area contributed by atoms with Gasteiger partial charge in [-0.25, -0.2) is 4.39 Å². The van der Waals surface area contributed by atoms with Gasteiger partial charge in [0.05, 0.1) is 16.7 Å². The van der Waals surface area contributed by atoms with E-state index in [1.54, 1.807) is 0 Å². The minimum absolute atomic E-state index is 0. The van der Waals surface area contributed by atoms with Gasteiger partial charge in [-0.15, -0.1) is 12.4 Å². The first kappa shape index (κ1) is 20.2. The van der Waals surface area contributed by atoms with Crippen LogP contribution in [0.5, 0.6) is 0 Å². The van der Waals surface area contributed by atoms with Crippen LogP contribution in [0.25, 0.3) is 11.0 Å². The van der Waals surface area contributed by atoms with Gasteiger partial charge in [-0.3, -0.25) is 4.98 Å². The van der Waals surface area contributed by atoms with Crippen LogP contribution in [0.4, 0.5) is 10.1 Å². The van der Waals surface area contributed by atoms with Crippen LogP contribution in [0.2, 0.25) is 0 Å². The fraction of sp³-hybridized carbons (Fsp3) is 0.381. The van der Waals surface area contributed by atoms with Crippen LogP contribution in [0.3, 0.4) is 0 Å². The van der Waals surface area contributed by atoms with Crippen LogP contribution in [0, 0.1) is 33.5 Å². The van der Waals surface area contributed by atoms with Gasteiger partial charge in [0.15, 0.2) is 0 Å². The molecule has 3 nitrogen and oxygen atoms in total. The van der Waals surface area contributed by atoms with Crippen molar-refractivity contribution in [1.82, 2.24) is 9.55 Å². The van der Waals surface area contributed by atoms with Crippen molar-refractivity contribution in [3.05, 3.63) is 58.2 Å². The second-order valence-corrected chi connectivity index (χ2v) is 6.74. The van der Waals surface area contributed by atoms with E-state index in [0.29, 0.717) is 6.54 Å². The van der Waals surface area contributed by atoms with Crippen LogP contribution >= 0.6 is 12.4 Å². The first-order chi connectivity index (χ1) is 11.9. The first-order valence-electron chi connectivity index (χ1n) is 8.89. The Kier molecular flexibility index (Phi) is 6.30. The summed E-state index contributed by atoms with van der Waals surface area (Å²) < 4.78 is 15.5. The highest BCUT2D eigenvalue weighted by Gasteiger charge is 2.18. The first-order valence-corrected chi connectivity index (χ1v) is 8.89. The van der Waals surface area contributed by atoms with Crippen molar-refractivity contribution in [3.63, 3.8) is 0 Å². The molecule has 3 rings (SSSR count). The zero-order valence-electron chi connectivity index (χ0n) is 16.1. The van der Waals surface area contributed by atoms with E-state index in [-0.39, 0.29) is 18.2 Å². The molecule has 3 aromatic rings.